The SMILES string of the molecule is CCCNCc1ccc(N(C)C2CCCCC2)c(Br)c1. The van der Waals surface area contributed by atoms with Gasteiger partial charge in [0, 0.05) is 24.1 Å². The predicted molar refractivity (Wildman–Crippen MR) is 91.4 cm³/mol. The van der Waals surface area contributed by atoms with Gasteiger partial charge in [0.1, 0.15) is 0 Å². The molecule has 1 fully saturated rings. The van der Waals surface area contributed by atoms with E-state index in [1.807, 2.05) is 0 Å². The van der Waals surface area contributed by atoms with Crippen molar-refractivity contribution >= 4 is 21.6 Å². The first-order valence-electron chi connectivity index (χ1n) is 7.94. The van der Waals surface area contributed by atoms with Crippen LogP contribution in [-0.2, 0) is 6.54 Å². The van der Waals surface area contributed by atoms with Crippen molar-refractivity contribution in [2.24, 2.45) is 0 Å². The van der Waals surface area contributed by atoms with Gasteiger partial charge in [-0.2, -0.15) is 0 Å². The summed E-state index contributed by atoms with van der Waals surface area (Å²) in [7, 11) is 2.24. The molecule has 1 saturated carbocycles. The lowest BCUT2D eigenvalue weighted by atomic mass is 9.94. The number of nitrogens with zero attached hydrogens (tertiary/aromatic N) is 1. The summed E-state index contributed by atoms with van der Waals surface area (Å²) in [6.07, 6.45) is 8.03. The second-order valence-electron chi connectivity index (χ2n) is 5.87. The first-order chi connectivity index (χ1) is 9.72. The molecule has 112 valence electrons. The van der Waals surface area contributed by atoms with Crippen molar-refractivity contribution in [2.75, 3.05) is 18.5 Å². The topological polar surface area (TPSA) is 15.3 Å². The van der Waals surface area contributed by atoms with E-state index in [2.05, 4.69) is 58.3 Å². The number of hydrogen-bond donors (Lipinski definition) is 1. The molecule has 1 N–H and O–H groups in total. The summed E-state index contributed by atoms with van der Waals surface area (Å²) in [5, 5.41) is 3.46. The van der Waals surface area contributed by atoms with Gasteiger partial charge in [0.05, 0.1) is 5.69 Å². The molecule has 0 spiro atoms. The highest BCUT2D eigenvalue weighted by Gasteiger charge is 2.19. The van der Waals surface area contributed by atoms with Crippen LogP contribution in [0.25, 0.3) is 0 Å². The largest absolute Gasteiger partial charge is 0.371 e. The molecule has 3 heteroatoms. The van der Waals surface area contributed by atoms with Crippen LogP contribution in [0.2, 0.25) is 0 Å². The first-order valence-corrected chi connectivity index (χ1v) is 8.73. The van der Waals surface area contributed by atoms with Crippen LogP contribution in [0.3, 0.4) is 0 Å². The monoisotopic (exact) mass is 338 g/mol. The molecule has 0 aromatic heterocycles. The van der Waals surface area contributed by atoms with Crippen molar-refractivity contribution in [3.63, 3.8) is 0 Å². The fraction of sp³-hybridized carbons (Fsp3) is 0.647. The number of rotatable bonds is 6. The van der Waals surface area contributed by atoms with Crippen molar-refractivity contribution in [3.05, 3.63) is 28.2 Å². The highest BCUT2D eigenvalue weighted by Crippen LogP contribution is 2.31. The molecule has 1 aromatic rings. The maximum absolute atomic E-state index is 3.75. The molecular weight excluding hydrogens is 312 g/mol. The molecule has 0 atom stereocenters. The number of halogens is 1. The van der Waals surface area contributed by atoms with Gasteiger partial charge in [-0.3, -0.25) is 0 Å². The molecule has 2 nitrogen and oxygen atoms in total. The molecule has 0 amide bonds. The summed E-state index contributed by atoms with van der Waals surface area (Å²) in [6, 6.07) is 7.49. The Balaban J connectivity index is 2.00. The van der Waals surface area contributed by atoms with E-state index < -0.39 is 0 Å². The minimum atomic E-state index is 0.712. The van der Waals surface area contributed by atoms with Gasteiger partial charge in [-0.1, -0.05) is 32.3 Å². The lowest BCUT2D eigenvalue weighted by molar-refractivity contribution is 0.427. The van der Waals surface area contributed by atoms with Gasteiger partial charge in [-0.05, 0) is 59.4 Å². The van der Waals surface area contributed by atoms with E-state index in [0.29, 0.717) is 6.04 Å². The van der Waals surface area contributed by atoms with Gasteiger partial charge < -0.3 is 10.2 Å². The van der Waals surface area contributed by atoms with Crippen LogP contribution in [-0.4, -0.2) is 19.6 Å². The van der Waals surface area contributed by atoms with Gasteiger partial charge in [0.25, 0.3) is 0 Å². The molecular formula is C17H27BrN2. The van der Waals surface area contributed by atoms with Gasteiger partial charge in [0.2, 0.25) is 0 Å². The van der Waals surface area contributed by atoms with Crippen LogP contribution in [0.4, 0.5) is 5.69 Å². The zero-order valence-electron chi connectivity index (χ0n) is 12.8. The Morgan fingerprint density at radius 3 is 2.65 bits per heavy atom. The molecule has 1 aromatic carbocycles. The van der Waals surface area contributed by atoms with Gasteiger partial charge >= 0.3 is 0 Å². The second kappa shape index (κ2) is 8.04. The molecule has 0 heterocycles. The zero-order chi connectivity index (χ0) is 14.4. The molecule has 2 rings (SSSR count). The van der Waals surface area contributed by atoms with Crippen LogP contribution in [0.15, 0.2) is 22.7 Å². The van der Waals surface area contributed by atoms with E-state index in [1.54, 1.807) is 0 Å². The Hall–Kier alpha value is -0.540. The Morgan fingerprint density at radius 2 is 2.00 bits per heavy atom. The minimum absolute atomic E-state index is 0.712. The molecule has 0 saturated heterocycles. The molecule has 0 unspecified atom stereocenters. The quantitative estimate of drug-likeness (QED) is 0.755. The number of nitrogens with one attached hydrogen (secondary N) is 1. The van der Waals surface area contributed by atoms with E-state index >= 15 is 0 Å². The van der Waals surface area contributed by atoms with Crippen molar-refractivity contribution in [1.82, 2.24) is 5.32 Å². The number of hydrogen-bond acceptors (Lipinski definition) is 2. The highest BCUT2D eigenvalue weighted by molar-refractivity contribution is 9.10. The summed E-state index contributed by atoms with van der Waals surface area (Å²) >= 11 is 3.75. The van der Waals surface area contributed by atoms with Crippen LogP contribution in [0.5, 0.6) is 0 Å². The van der Waals surface area contributed by atoms with Crippen LogP contribution in [0, 0.1) is 0 Å². The van der Waals surface area contributed by atoms with E-state index in [4.69, 9.17) is 0 Å². The third kappa shape index (κ3) is 4.23. The highest BCUT2D eigenvalue weighted by atomic mass is 79.9. The van der Waals surface area contributed by atoms with E-state index in [9.17, 15) is 0 Å². The second-order valence-corrected chi connectivity index (χ2v) is 6.72. The summed E-state index contributed by atoms with van der Waals surface area (Å²) in [5.41, 5.74) is 2.68. The average molecular weight is 339 g/mol. The Labute approximate surface area is 132 Å². The van der Waals surface area contributed by atoms with Crippen molar-refractivity contribution < 1.29 is 0 Å². The van der Waals surface area contributed by atoms with Gasteiger partial charge in [-0.15, -0.1) is 0 Å². The maximum atomic E-state index is 3.75. The average Bonchev–Trinajstić information content (AvgIpc) is 2.48. The first kappa shape index (κ1) is 15.8. The smallest absolute Gasteiger partial charge is 0.0510 e. The fourth-order valence-electron chi connectivity index (χ4n) is 3.02. The summed E-state index contributed by atoms with van der Waals surface area (Å²) < 4.78 is 1.22. The third-order valence-electron chi connectivity index (χ3n) is 4.27. The molecule has 20 heavy (non-hydrogen) atoms. The van der Waals surface area contributed by atoms with Crippen molar-refractivity contribution in [1.29, 1.82) is 0 Å². The minimum Gasteiger partial charge on any atom is -0.371 e. The normalized spacial score (nSPS) is 16.4. The van der Waals surface area contributed by atoms with Crippen molar-refractivity contribution in [3.8, 4) is 0 Å². The van der Waals surface area contributed by atoms with E-state index in [0.717, 1.165) is 13.1 Å². The van der Waals surface area contributed by atoms with Crippen LogP contribution in [0.1, 0.15) is 51.0 Å². The maximum Gasteiger partial charge on any atom is 0.0510 e. The zero-order valence-corrected chi connectivity index (χ0v) is 14.4. The lowest BCUT2D eigenvalue weighted by Crippen LogP contribution is -2.33. The van der Waals surface area contributed by atoms with E-state index in [1.165, 1.54) is 54.2 Å². The summed E-state index contributed by atoms with van der Waals surface area (Å²) in [5.74, 6) is 0. The fourth-order valence-corrected chi connectivity index (χ4v) is 3.73. The Bertz CT molecular complexity index is 413. The number of anilines is 1. The molecule has 1 aliphatic carbocycles. The van der Waals surface area contributed by atoms with Crippen LogP contribution >= 0.6 is 15.9 Å². The van der Waals surface area contributed by atoms with Crippen molar-refractivity contribution in [2.45, 2.75) is 58.0 Å². The Morgan fingerprint density at radius 1 is 1.25 bits per heavy atom. The Kier molecular flexibility index (Phi) is 6.37. The molecule has 0 bridgehead atoms. The molecule has 0 aliphatic heterocycles. The summed E-state index contributed by atoms with van der Waals surface area (Å²) in [6.45, 7) is 4.24. The summed E-state index contributed by atoms with van der Waals surface area (Å²) in [4.78, 5) is 2.46. The number of benzene rings is 1. The van der Waals surface area contributed by atoms with Gasteiger partial charge in [-0.25, -0.2) is 0 Å². The van der Waals surface area contributed by atoms with Crippen LogP contribution < -0.4 is 10.2 Å². The third-order valence-corrected chi connectivity index (χ3v) is 4.91. The van der Waals surface area contributed by atoms with Gasteiger partial charge in [0.15, 0.2) is 0 Å². The molecule has 0 radical (unpaired) electrons. The van der Waals surface area contributed by atoms with E-state index in [-0.39, 0.29) is 0 Å². The standard InChI is InChI=1S/C17H27BrN2/c1-3-11-19-13-14-9-10-17(16(18)12-14)20(2)15-7-5-4-6-8-15/h9-10,12,15,19H,3-8,11,13H2,1-2H3. The molecule has 1 aliphatic rings. The predicted octanol–water partition coefficient (Wildman–Crippen LogP) is 4.72. The lowest BCUT2D eigenvalue weighted by Gasteiger charge is -2.33.